The molecule has 0 bridgehead atoms. The van der Waals surface area contributed by atoms with Gasteiger partial charge in [0.15, 0.2) is 5.83 Å². The van der Waals surface area contributed by atoms with E-state index in [1.54, 1.807) is 0 Å². The predicted octanol–water partition coefficient (Wildman–Crippen LogP) is 2.13. The van der Waals surface area contributed by atoms with Crippen molar-refractivity contribution in [2.24, 2.45) is 0 Å². The molecule has 0 atom stereocenters. The van der Waals surface area contributed by atoms with E-state index in [-0.39, 0.29) is 0 Å². The van der Waals surface area contributed by atoms with Crippen LogP contribution in [0.2, 0.25) is 0 Å². The first kappa shape index (κ1) is 12.8. The molecule has 1 amide bonds. The van der Waals surface area contributed by atoms with Gasteiger partial charge in [0.05, 0.1) is 0 Å². The first-order chi connectivity index (χ1) is 6.25. The summed E-state index contributed by atoms with van der Waals surface area (Å²) < 4.78 is 69.1. The van der Waals surface area contributed by atoms with E-state index in [0.717, 1.165) is 0 Å². The van der Waals surface area contributed by atoms with E-state index in [9.17, 15) is 31.1 Å². The summed E-state index contributed by atoms with van der Waals surface area (Å²) >= 11 is 0. The Hall–Kier alpha value is -1.21. The standard InChI is InChI=1S/C6H5F6NO/c7-3(4(8)9)1-2-13-5(14)6(10,11)12/h1-2H2,(H,13,14). The Morgan fingerprint density at radius 1 is 1.14 bits per heavy atom. The van der Waals surface area contributed by atoms with Crippen LogP contribution < -0.4 is 5.32 Å². The molecule has 0 fully saturated rings. The normalized spacial score (nSPS) is 11.0. The van der Waals surface area contributed by atoms with Gasteiger partial charge in [0, 0.05) is 13.0 Å². The second-order valence-corrected chi connectivity index (χ2v) is 2.17. The van der Waals surface area contributed by atoms with Crippen LogP contribution in [-0.2, 0) is 4.79 Å². The van der Waals surface area contributed by atoms with Crippen molar-refractivity contribution in [3.05, 3.63) is 11.9 Å². The molecule has 0 aliphatic carbocycles. The zero-order valence-electron chi connectivity index (χ0n) is 6.59. The molecule has 1 N–H and O–H groups in total. The summed E-state index contributed by atoms with van der Waals surface area (Å²) in [5.41, 5.74) is 0. The molecular weight excluding hydrogens is 216 g/mol. The molecule has 0 spiro atoms. The SMILES string of the molecule is O=C(NCCC(F)=C(F)F)C(F)(F)F. The molecule has 0 saturated carbocycles. The van der Waals surface area contributed by atoms with Crippen molar-refractivity contribution in [3.63, 3.8) is 0 Å². The number of amides is 1. The van der Waals surface area contributed by atoms with E-state index in [2.05, 4.69) is 0 Å². The fraction of sp³-hybridized carbons (Fsp3) is 0.500. The van der Waals surface area contributed by atoms with Crippen LogP contribution in [0.15, 0.2) is 11.9 Å². The summed E-state index contributed by atoms with van der Waals surface area (Å²) in [5, 5.41) is 1.24. The molecule has 8 heteroatoms. The molecule has 0 aromatic heterocycles. The molecule has 0 radical (unpaired) electrons. The van der Waals surface area contributed by atoms with Gasteiger partial charge in [-0.25, -0.2) is 4.39 Å². The van der Waals surface area contributed by atoms with E-state index < -0.39 is 37.0 Å². The van der Waals surface area contributed by atoms with Crippen molar-refractivity contribution >= 4 is 5.91 Å². The van der Waals surface area contributed by atoms with Crippen molar-refractivity contribution in [2.75, 3.05) is 6.54 Å². The minimum absolute atomic E-state index is 0.832. The van der Waals surface area contributed by atoms with E-state index in [4.69, 9.17) is 0 Å². The molecule has 0 saturated heterocycles. The third-order valence-electron chi connectivity index (χ3n) is 1.09. The van der Waals surface area contributed by atoms with Gasteiger partial charge in [-0.15, -0.1) is 0 Å². The maximum atomic E-state index is 12.0. The number of alkyl halides is 3. The van der Waals surface area contributed by atoms with E-state index in [1.807, 2.05) is 0 Å². The highest BCUT2D eigenvalue weighted by atomic mass is 19.4. The monoisotopic (exact) mass is 221 g/mol. The lowest BCUT2D eigenvalue weighted by Gasteiger charge is -2.06. The lowest BCUT2D eigenvalue weighted by Crippen LogP contribution is -2.37. The van der Waals surface area contributed by atoms with E-state index >= 15 is 0 Å². The minimum Gasteiger partial charge on any atom is -0.348 e. The smallest absolute Gasteiger partial charge is 0.348 e. The molecule has 82 valence electrons. The zero-order valence-corrected chi connectivity index (χ0v) is 6.59. The van der Waals surface area contributed by atoms with Gasteiger partial charge in [-0.2, -0.15) is 22.0 Å². The van der Waals surface area contributed by atoms with E-state index in [1.165, 1.54) is 5.32 Å². The maximum absolute atomic E-state index is 12.0. The van der Waals surface area contributed by atoms with E-state index in [0.29, 0.717) is 0 Å². The Balaban J connectivity index is 3.88. The Bertz CT molecular complexity index is 241. The predicted molar refractivity (Wildman–Crippen MR) is 34.0 cm³/mol. The molecule has 14 heavy (non-hydrogen) atoms. The topological polar surface area (TPSA) is 29.1 Å². The first-order valence-electron chi connectivity index (χ1n) is 3.30. The lowest BCUT2D eigenvalue weighted by molar-refractivity contribution is -0.173. The number of carbonyl (C=O) groups is 1. The Labute approximate surface area is 74.6 Å². The number of nitrogens with one attached hydrogen (secondary N) is 1. The van der Waals surface area contributed by atoms with Crippen LogP contribution in [0.4, 0.5) is 26.3 Å². The van der Waals surface area contributed by atoms with Gasteiger partial charge < -0.3 is 5.32 Å². The average Bonchev–Trinajstić information content (AvgIpc) is 2.01. The van der Waals surface area contributed by atoms with Gasteiger partial charge in [0.25, 0.3) is 0 Å². The van der Waals surface area contributed by atoms with Crippen molar-refractivity contribution < 1.29 is 31.1 Å². The molecule has 0 aromatic carbocycles. The summed E-state index contributed by atoms with van der Waals surface area (Å²) in [4.78, 5) is 10.1. The van der Waals surface area contributed by atoms with Crippen LogP contribution in [0.3, 0.4) is 0 Å². The third kappa shape index (κ3) is 4.73. The largest absolute Gasteiger partial charge is 0.471 e. The van der Waals surface area contributed by atoms with Crippen LogP contribution in [-0.4, -0.2) is 18.6 Å². The molecule has 2 nitrogen and oxygen atoms in total. The molecule has 0 heterocycles. The van der Waals surface area contributed by atoms with Crippen LogP contribution in [0.1, 0.15) is 6.42 Å². The first-order valence-corrected chi connectivity index (χ1v) is 3.30. The summed E-state index contributed by atoms with van der Waals surface area (Å²) in [5.74, 6) is -4.13. The second-order valence-electron chi connectivity index (χ2n) is 2.17. The van der Waals surface area contributed by atoms with Gasteiger partial charge in [-0.05, 0) is 0 Å². The van der Waals surface area contributed by atoms with Crippen molar-refractivity contribution in [2.45, 2.75) is 12.6 Å². The molecule has 0 aliphatic heterocycles. The minimum atomic E-state index is -5.09. The highest BCUT2D eigenvalue weighted by Crippen LogP contribution is 2.15. The Morgan fingerprint density at radius 2 is 1.64 bits per heavy atom. The second kappa shape index (κ2) is 4.87. The zero-order chi connectivity index (χ0) is 11.4. The average molecular weight is 221 g/mol. The van der Waals surface area contributed by atoms with Gasteiger partial charge in [0.1, 0.15) is 0 Å². The number of carbonyl (C=O) groups excluding carboxylic acids is 1. The quantitative estimate of drug-likeness (QED) is 0.726. The Morgan fingerprint density at radius 3 is 2.00 bits per heavy atom. The summed E-state index contributed by atoms with van der Waals surface area (Å²) in [6.45, 7) is -0.832. The molecule has 0 aliphatic rings. The van der Waals surface area contributed by atoms with Gasteiger partial charge >= 0.3 is 18.2 Å². The Kier molecular flexibility index (Phi) is 4.45. The molecule has 0 unspecified atom stereocenters. The lowest BCUT2D eigenvalue weighted by atomic mass is 10.4. The number of hydrogen-bond acceptors (Lipinski definition) is 1. The van der Waals surface area contributed by atoms with Gasteiger partial charge in [-0.3, -0.25) is 4.79 Å². The van der Waals surface area contributed by atoms with Crippen LogP contribution in [0.25, 0.3) is 0 Å². The number of rotatable bonds is 3. The van der Waals surface area contributed by atoms with Crippen molar-refractivity contribution in [1.82, 2.24) is 5.32 Å². The molecule has 0 aromatic rings. The summed E-state index contributed by atoms with van der Waals surface area (Å²) in [7, 11) is 0. The van der Waals surface area contributed by atoms with Crippen molar-refractivity contribution in [1.29, 1.82) is 0 Å². The van der Waals surface area contributed by atoms with Crippen LogP contribution >= 0.6 is 0 Å². The highest BCUT2D eigenvalue weighted by molar-refractivity contribution is 5.81. The number of halogens is 6. The van der Waals surface area contributed by atoms with Gasteiger partial charge in [0.2, 0.25) is 0 Å². The number of hydrogen-bond donors (Lipinski definition) is 1. The van der Waals surface area contributed by atoms with Crippen molar-refractivity contribution in [3.8, 4) is 0 Å². The fourth-order valence-corrected chi connectivity index (χ4v) is 0.480. The summed E-state index contributed by atoms with van der Waals surface area (Å²) in [6, 6.07) is 0. The summed E-state index contributed by atoms with van der Waals surface area (Å²) in [6.07, 6.45) is -8.66. The fourth-order valence-electron chi connectivity index (χ4n) is 0.480. The van der Waals surface area contributed by atoms with Gasteiger partial charge in [-0.1, -0.05) is 0 Å². The molecule has 0 rings (SSSR count). The van der Waals surface area contributed by atoms with Crippen LogP contribution in [0, 0.1) is 0 Å². The highest BCUT2D eigenvalue weighted by Gasteiger charge is 2.38. The third-order valence-corrected chi connectivity index (χ3v) is 1.09. The maximum Gasteiger partial charge on any atom is 0.471 e. The van der Waals surface area contributed by atoms with Crippen LogP contribution in [0.5, 0.6) is 0 Å². The molecular formula is C6H5F6NO.